The van der Waals surface area contributed by atoms with E-state index in [1.165, 1.54) is 166 Å². The van der Waals surface area contributed by atoms with E-state index in [1.54, 1.807) is 11.1 Å². The second-order valence-electron chi connectivity index (χ2n) is 25.4. The first-order valence-corrected chi connectivity index (χ1v) is 28.2. The van der Waals surface area contributed by atoms with Gasteiger partial charge < -0.3 is 9.47 Å². The van der Waals surface area contributed by atoms with Crippen LogP contribution in [-0.4, -0.2) is 4.57 Å². The summed E-state index contributed by atoms with van der Waals surface area (Å²) >= 11 is 0. The molecule has 0 N–H and O–H groups in total. The molecule has 9 aromatic rings. The summed E-state index contributed by atoms with van der Waals surface area (Å²) in [5.41, 5.74) is 21.6. The van der Waals surface area contributed by atoms with Crippen molar-refractivity contribution in [2.24, 2.45) is 35.5 Å². The molecule has 0 spiro atoms. The second-order valence-corrected chi connectivity index (χ2v) is 25.4. The van der Waals surface area contributed by atoms with Gasteiger partial charge in [-0.3, -0.25) is 0 Å². The van der Waals surface area contributed by atoms with Crippen LogP contribution in [0.15, 0.2) is 182 Å². The first kappa shape index (κ1) is 42.8. The van der Waals surface area contributed by atoms with Gasteiger partial charge in [-0.2, -0.15) is 0 Å². The Morgan fingerprint density at radius 2 is 0.904 bits per heavy atom. The second kappa shape index (κ2) is 15.7. The molecule has 9 aliphatic carbocycles. The summed E-state index contributed by atoms with van der Waals surface area (Å²) < 4.78 is 2.56. The minimum atomic E-state index is -0.312. The van der Waals surface area contributed by atoms with Gasteiger partial charge in [0, 0.05) is 38.8 Å². The highest BCUT2D eigenvalue weighted by Gasteiger charge is 2.53. The Balaban J connectivity index is 0.892. The van der Waals surface area contributed by atoms with Crippen LogP contribution in [0.5, 0.6) is 0 Å². The zero-order chi connectivity index (χ0) is 48.2. The van der Waals surface area contributed by atoms with Crippen molar-refractivity contribution in [3.63, 3.8) is 0 Å². The number of benzene rings is 8. The summed E-state index contributed by atoms with van der Waals surface area (Å²) in [4.78, 5) is 2.65. The number of anilines is 3. The van der Waals surface area contributed by atoms with Crippen molar-refractivity contribution in [3.8, 4) is 39.1 Å². The molecule has 360 valence electrons. The number of hydrogen-bond acceptors (Lipinski definition) is 1. The summed E-state index contributed by atoms with van der Waals surface area (Å²) in [6, 6.07) is 70.7. The van der Waals surface area contributed by atoms with E-state index in [2.05, 4.69) is 205 Å². The standard InChI is InChI=1S/C71H66N2/c1-69(2)64-38-66(72(57-23-19-54(20-24-57)70-39-45-30-46(40-70)32-47(31-45)41-70)58-25-21-55(22-26-58)71-42-48-33-49(43-71)35-50(34-48)44-71)61(52-14-8-4-9-15-52)37-62(64)59-27-28-60-63-36-53(51-12-6-3-7-13-51)18-29-65(63)73(68(60)67(59)69)56-16-10-5-11-17-56/h3-29,36-38,45-50H,30-35,39-44H2,1-2H3. The molecular weight excluding hydrogens is 881 g/mol. The summed E-state index contributed by atoms with van der Waals surface area (Å²) in [6.45, 7) is 4.99. The number of nitrogens with zero attached hydrogens (tertiary/aromatic N) is 2. The largest absolute Gasteiger partial charge is 0.310 e. The van der Waals surface area contributed by atoms with E-state index in [-0.39, 0.29) is 5.41 Å². The van der Waals surface area contributed by atoms with Crippen LogP contribution in [0.3, 0.4) is 0 Å². The maximum Gasteiger partial charge on any atom is 0.0588 e. The molecule has 0 radical (unpaired) electrons. The van der Waals surface area contributed by atoms with Crippen molar-refractivity contribution < 1.29 is 0 Å². The Morgan fingerprint density at radius 1 is 0.411 bits per heavy atom. The lowest BCUT2D eigenvalue weighted by molar-refractivity contribution is -0.00529. The Hall–Kier alpha value is -6.64. The zero-order valence-electron chi connectivity index (χ0n) is 42.7. The maximum absolute atomic E-state index is 2.65. The Labute approximate surface area is 432 Å². The predicted octanol–water partition coefficient (Wildman–Crippen LogP) is 18.8. The number of hydrogen-bond donors (Lipinski definition) is 0. The molecule has 2 heteroatoms. The fraction of sp³-hybridized carbons (Fsp3) is 0.324. The number of para-hydroxylation sites is 1. The first-order valence-electron chi connectivity index (χ1n) is 28.2. The monoisotopic (exact) mass is 947 g/mol. The molecule has 73 heavy (non-hydrogen) atoms. The number of aromatic nitrogens is 1. The Bertz CT molecular complexity index is 3480. The predicted molar refractivity (Wildman–Crippen MR) is 304 cm³/mol. The average molecular weight is 947 g/mol. The van der Waals surface area contributed by atoms with Gasteiger partial charge in [0.05, 0.1) is 16.7 Å². The van der Waals surface area contributed by atoms with E-state index >= 15 is 0 Å². The summed E-state index contributed by atoms with van der Waals surface area (Å²) in [5.74, 6) is 5.52. The van der Waals surface area contributed by atoms with Crippen molar-refractivity contribution in [1.82, 2.24) is 4.57 Å². The highest BCUT2D eigenvalue weighted by atomic mass is 15.1. The molecule has 9 aliphatic rings. The van der Waals surface area contributed by atoms with Crippen LogP contribution >= 0.6 is 0 Å². The van der Waals surface area contributed by atoms with Gasteiger partial charge in [0.15, 0.2) is 0 Å². The van der Waals surface area contributed by atoms with Crippen LogP contribution in [0, 0.1) is 35.5 Å². The third-order valence-electron chi connectivity index (χ3n) is 20.7. The maximum atomic E-state index is 2.65. The third kappa shape index (κ3) is 6.47. The van der Waals surface area contributed by atoms with Crippen molar-refractivity contribution in [3.05, 3.63) is 204 Å². The Morgan fingerprint density at radius 3 is 1.42 bits per heavy atom. The van der Waals surface area contributed by atoms with Crippen molar-refractivity contribution in [2.45, 2.75) is 107 Å². The topological polar surface area (TPSA) is 8.17 Å². The van der Waals surface area contributed by atoms with Gasteiger partial charge in [-0.15, -0.1) is 0 Å². The minimum absolute atomic E-state index is 0.312. The van der Waals surface area contributed by atoms with E-state index in [1.807, 2.05) is 0 Å². The molecule has 1 aromatic heterocycles. The molecule has 0 saturated heterocycles. The van der Waals surface area contributed by atoms with Gasteiger partial charge >= 0.3 is 0 Å². The molecule has 8 aromatic carbocycles. The van der Waals surface area contributed by atoms with Crippen LogP contribution < -0.4 is 4.90 Å². The molecule has 0 atom stereocenters. The molecule has 0 amide bonds. The number of rotatable bonds is 8. The van der Waals surface area contributed by atoms with Crippen molar-refractivity contribution in [1.29, 1.82) is 0 Å². The average Bonchev–Trinajstić information content (AvgIpc) is 3.86. The van der Waals surface area contributed by atoms with E-state index in [9.17, 15) is 0 Å². The van der Waals surface area contributed by atoms with E-state index < -0.39 is 0 Å². The molecule has 1 heterocycles. The molecule has 0 unspecified atom stereocenters. The molecule has 8 fully saturated rings. The molecule has 2 nitrogen and oxygen atoms in total. The van der Waals surface area contributed by atoms with E-state index in [0.717, 1.165) is 35.5 Å². The quantitative estimate of drug-likeness (QED) is 0.147. The van der Waals surface area contributed by atoms with Crippen LogP contribution in [0.25, 0.3) is 60.9 Å². The number of fused-ring (bicyclic) bond motifs is 7. The van der Waals surface area contributed by atoms with Crippen LogP contribution in [0.4, 0.5) is 17.1 Å². The summed E-state index contributed by atoms with van der Waals surface area (Å²) in [6.07, 6.45) is 17.2. The van der Waals surface area contributed by atoms with Crippen molar-refractivity contribution >= 4 is 38.9 Å². The highest BCUT2D eigenvalue weighted by Crippen LogP contribution is 2.63. The smallest absolute Gasteiger partial charge is 0.0588 e. The zero-order valence-corrected chi connectivity index (χ0v) is 42.7. The lowest BCUT2D eigenvalue weighted by Crippen LogP contribution is -2.48. The lowest BCUT2D eigenvalue weighted by Gasteiger charge is -2.57. The fourth-order valence-electron chi connectivity index (χ4n) is 18.4. The molecular formula is C71H66N2. The summed E-state index contributed by atoms with van der Waals surface area (Å²) in [7, 11) is 0. The van der Waals surface area contributed by atoms with Crippen LogP contribution in [0.1, 0.15) is 113 Å². The van der Waals surface area contributed by atoms with Gasteiger partial charge in [-0.1, -0.05) is 135 Å². The van der Waals surface area contributed by atoms with Gasteiger partial charge in [-0.25, -0.2) is 0 Å². The minimum Gasteiger partial charge on any atom is -0.310 e. The van der Waals surface area contributed by atoms with Crippen molar-refractivity contribution in [2.75, 3.05) is 4.90 Å². The third-order valence-corrected chi connectivity index (χ3v) is 20.7. The molecule has 18 rings (SSSR count). The molecule has 0 aliphatic heterocycles. The Kier molecular flexibility index (Phi) is 9.20. The normalized spacial score (nSPS) is 27.7. The summed E-state index contributed by atoms with van der Waals surface area (Å²) in [5, 5.41) is 2.60. The fourth-order valence-corrected chi connectivity index (χ4v) is 18.4. The van der Waals surface area contributed by atoms with Crippen LogP contribution in [0.2, 0.25) is 0 Å². The van der Waals surface area contributed by atoms with Gasteiger partial charge in [-0.05, 0) is 234 Å². The molecule has 8 saturated carbocycles. The first-order chi connectivity index (χ1) is 35.8. The lowest BCUT2D eigenvalue weighted by atomic mass is 9.48. The van der Waals surface area contributed by atoms with Gasteiger partial charge in [0.2, 0.25) is 0 Å². The van der Waals surface area contributed by atoms with Gasteiger partial charge in [0.25, 0.3) is 0 Å². The highest BCUT2D eigenvalue weighted by molar-refractivity contribution is 6.14. The van der Waals surface area contributed by atoms with E-state index in [0.29, 0.717) is 10.8 Å². The SMILES string of the molecule is CC1(C)c2cc(N(c3ccc(C45CC6CC(CC(C6)C4)C5)cc3)c3ccc(C45CC6CC(CC(C6)C4)C5)cc3)c(-c3ccccc3)cc2-c2ccc3c4cc(-c5ccccc5)ccc4n(-c4ccccc4)c3c21. The van der Waals surface area contributed by atoms with Gasteiger partial charge in [0.1, 0.15) is 0 Å². The van der Waals surface area contributed by atoms with E-state index in [4.69, 9.17) is 0 Å². The van der Waals surface area contributed by atoms with Crippen LogP contribution in [-0.2, 0) is 16.2 Å². The molecule has 8 bridgehead atoms.